The Labute approximate surface area is 183 Å². The van der Waals surface area contributed by atoms with Crippen LogP contribution in [0, 0.1) is 6.92 Å². The number of aryl methyl sites for hydroxylation is 1. The van der Waals surface area contributed by atoms with Crippen LogP contribution in [0.4, 0.5) is 0 Å². The Bertz CT molecular complexity index is 998. The van der Waals surface area contributed by atoms with E-state index in [1.807, 2.05) is 12.1 Å². The van der Waals surface area contributed by atoms with Crippen LogP contribution >= 0.6 is 27.7 Å². The van der Waals surface area contributed by atoms with Gasteiger partial charge in [-0.1, -0.05) is 66.2 Å². The molecule has 0 heterocycles. The van der Waals surface area contributed by atoms with Gasteiger partial charge in [-0.15, -0.1) is 11.8 Å². The highest BCUT2D eigenvalue weighted by atomic mass is 79.9. The van der Waals surface area contributed by atoms with Gasteiger partial charge in [-0.25, -0.2) is 4.79 Å². The lowest BCUT2D eigenvalue weighted by atomic mass is 9.97. The Morgan fingerprint density at radius 2 is 1.72 bits per heavy atom. The van der Waals surface area contributed by atoms with Crippen LogP contribution in [0.25, 0.3) is 5.57 Å². The third kappa shape index (κ3) is 6.24. The standard InChI is InChI=1S/C24H21BrO3S/c1-17-7-9-19(10-8-17)21(18-5-3-2-4-6-18)13-14-29-23-12-11-20(15-22(23)25)28-16-24(26)27/h2-13,15H,14,16H2,1H3,(H,26,27)/b21-13-. The molecule has 0 saturated carbocycles. The lowest BCUT2D eigenvalue weighted by Crippen LogP contribution is -2.09. The zero-order chi connectivity index (χ0) is 20.6. The first-order chi connectivity index (χ1) is 14.0. The van der Waals surface area contributed by atoms with Crippen molar-refractivity contribution < 1.29 is 14.6 Å². The smallest absolute Gasteiger partial charge is 0.341 e. The topological polar surface area (TPSA) is 46.5 Å². The second-order valence-corrected chi connectivity index (χ2v) is 8.35. The van der Waals surface area contributed by atoms with Gasteiger partial charge in [0, 0.05) is 15.1 Å². The summed E-state index contributed by atoms with van der Waals surface area (Å²) in [7, 11) is 0. The van der Waals surface area contributed by atoms with Gasteiger partial charge in [-0.2, -0.15) is 0 Å². The number of rotatable bonds is 8. The number of carboxylic acid groups (broad SMARTS) is 1. The van der Waals surface area contributed by atoms with Gasteiger partial charge < -0.3 is 9.84 Å². The quantitative estimate of drug-likeness (QED) is 0.386. The SMILES string of the molecule is Cc1ccc(/C(=C\CSc2ccc(OCC(=O)O)cc2Br)c2ccccc2)cc1. The van der Waals surface area contributed by atoms with E-state index < -0.39 is 5.97 Å². The summed E-state index contributed by atoms with van der Waals surface area (Å²) >= 11 is 5.26. The number of hydrogen-bond acceptors (Lipinski definition) is 3. The molecule has 0 spiro atoms. The van der Waals surface area contributed by atoms with Crippen LogP contribution in [0.5, 0.6) is 5.75 Å². The van der Waals surface area contributed by atoms with Gasteiger partial charge in [0.15, 0.2) is 6.61 Å². The van der Waals surface area contributed by atoms with Gasteiger partial charge in [-0.3, -0.25) is 0 Å². The Balaban J connectivity index is 1.76. The summed E-state index contributed by atoms with van der Waals surface area (Å²) in [5, 5.41) is 8.72. The van der Waals surface area contributed by atoms with Crippen molar-refractivity contribution in [3.8, 4) is 5.75 Å². The Morgan fingerprint density at radius 1 is 1.03 bits per heavy atom. The molecule has 0 fully saturated rings. The van der Waals surface area contributed by atoms with Crippen molar-refractivity contribution in [2.24, 2.45) is 0 Å². The maximum absolute atomic E-state index is 10.6. The lowest BCUT2D eigenvalue weighted by molar-refractivity contribution is -0.139. The lowest BCUT2D eigenvalue weighted by Gasteiger charge is -2.10. The molecule has 3 nitrogen and oxygen atoms in total. The normalized spacial score (nSPS) is 11.3. The molecule has 0 aliphatic carbocycles. The van der Waals surface area contributed by atoms with Crippen molar-refractivity contribution in [3.63, 3.8) is 0 Å². The van der Waals surface area contributed by atoms with Crippen LogP contribution < -0.4 is 4.74 Å². The van der Waals surface area contributed by atoms with Crippen LogP contribution in [-0.4, -0.2) is 23.4 Å². The number of benzene rings is 3. The van der Waals surface area contributed by atoms with E-state index in [0.717, 1.165) is 15.1 Å². The highest BCUT2D eigenvalue weighted by Gasteiger charge is 2.07. The number of carboxylic acids is 1. The summed E-state index contributed by atoms with van der Waals surface area (Å²) in [5.41, 5.74) is 4.83. The second kappa shape index (κ2) is 10.3. The van der Waals surface area contributed by atoms with E-state index in [9.17, 15) is 4.79 Å². The van der Waals surface area contributed by atoms with E-state index in [0.29, 0.717) is 5.75 Å². The van der Waals surface area contributed by atoms with Crippen molar-refractivity contribution >= 4 is 39.2 Å². The van der Waals surface area contributed by atoms with E-state index in [1.165, 1.54) is 22.3 Å². The fraction of sp³-hybridized carbons (Fsp3) is 0.125. The zero-order valence-electron chi connectivity index (χ0n) is 16.0. The molecule has 3 aromatic carbocycles. The summed E-state index contributed by atoms with van der Waals surface area (Å²) in [6.45, 7) is 1.74. The Kier molecular flexibility index (Phi) is 7.55. The van der Waals surface area contributed by atoms with Crippen LogP contribution in [0.15, 0.2) is 88.2 Å². The molecule has 0 aromatic heterocycles. The summed E-state index contributed by atoms with van der Waals surface area (Å²) < 4.78 is 6.11. The molecular weight excluding hydrogens is 448 g/mol. The molecule has 0 unspecified atom stereocenters. The zero-order valence-corrected chi connectivity index (χ0v) is 18.4. The predicted molar refractivity (Wildman–Crippen MR) is 123 cm³/mol. The number of ether oxygens (including phenoxy) is 1. The molecule has 0 aliphatic heterocycles. The van der Waals surface area contributed by atoms with Gasteiger partial charge in [0.2, 0.25) is 0 Å². The van der Waals surface area contributed by atoms with Gasteiger partial charge in [0.25, 0.3) is 0 Å². The van der Waals surface area contributed by atoms with Crippen LogP contribution in [-0.2, 0) is 4.79 Å². The molecule has 0 bridgehead atoms. The van der Waals surface area contributed by atoms with E-state index in [1.54, 1.807) is 23.9 Å². The van der Waals surface area contributed by atoms with E-state index in [2.05, 4.69) is 77.5 Å². The molecular formula is C24H21BrO3S. The Morgan fingerprint density at radius 3 is 2.38 bits per heavy atom. The maximum atomic E-state index is 10.6. The molecule has 29 heavy (non-hydrogen) atoms. The van der Waals surface area contributed by atoms with E-state index in [4.69, 9.17) is 9.84 Å². The van der Waals surface area contributed by atoms with Gasteiger partial charge in [-0.05, 0) is 57.8 Å². The first kappa shape index (κ1) is 21.2. The summed E-state index contributed by atoms with van der Waals surface area (Å²) in [6, 6.07) is 24.5. The third-order valence-electron chi connectivity index (χ3n) is 4.24. The van der Waals surface area contributed by atoms with Crippen LogP contribution in [0.3, 0.4) is 0 Å². The molecule has 3 aromatic rings. The molecule has 148 valence electrons. The number of carbonyl (C=O) groups is 1. The van der Waals surface area contributed by atoms with Crippen LogP contribution in [0.2, 0.25) is 0 Å². The molecule has 0 amide bonds. The average Bonchev–Trinajstić information content (AvgIpc) is 2.72. The first-order valence-corrected chi connectivity index (χ1v) is 10.9. The van der Waals surface area contributed by atoms with Crippen molar-refractivity contribution in [3.05, 3.63) is 100 Å². The molecule has 0 saturated heterocycles. The highest BCUT2D eigenvalue weighted by molar-refractivity contribution is 9.10. The number of thioether (sulfide) groups is 1. The van der Waals surface area contributed by atoms with Crippen molar-refractivity contribution in [1.29, 1.82) is 0 Å². The first-order valence-electron chi connectivity index (χ1n) is 9.12. The van der Waals surface area contributed by atoms with Crippen LogP contribution in [0.1, 0.15) is 16.7 Å². The van der Waals surface area contributed by atoms with Gasteiger partial charge in [0.05, 0.1) is 0 Å². The van der Waals surface area contributed by atoms with Crippen molar-refractivity contribution in [2.75, 3.05) is 12.4 Å². The molecule has 1 N–H and O–H groups in total. The molecule has 0 aliphatic rings. The minimum atomic E-state index is -0.991. The maximum Gasteiger partial charge on any atom is 0.341 e. The van der Waals surface area contributed by atoms with E-state index >= 15 is 0 Å². The minimum Gasteiger partial charge on any atom is -0.482 e. The molecule has 3 rings (SSSR count). The number of hydrogen-bond donors (Lipinski definition) is 1. The largest absolute Gasteiger partial charge is 0.482 e. The van der Waals surface area contributed by atoms with E-state index in [-0.39, 0.29) is 6.61 Å². The third-order valence-corrected chi connectivity index (χ3v) is 6.16. The molecule has 0 radical (unpaired) electrons. The fourth-order valence-electron chi connectivity index (χ4n) is 2.80. The monoisotopic (exact) mass is 468 g/mol. The van der Waals surface area contributed by atoms with Gasteiger partial charge in [0.1, 0.15) is 5.75 Å². The molecule has 5 heteroatoms. The van der Waals surface area contributed by atoms with Crippen molar-refractivity contribution in [2.45, 2.75) is 11.8 Å². The molecule has 0 atom stereocenters. The summed E-state index contributed by atoms with van der Waals surface area (Å²) in [6.07, 6.45) is 2.24. The Hall–Kier alpha value is -2.50. The second-order valence-electron chi connectivity index (χ2n) is 6.44. The highest BCUT2D eigenvalue weighted by Crippen LogP contribution is 2.32. The minimum absolute atomic E-state index is 0.349. The average molecular weight is 469 g/mol. The summed E-state index contributed by atoms with van der Waals surface area (Å²) in [4.78, 5) is 11.7. The summed E-state index contributed by atoms with van der Waals surface area (Å²) in [5.74, 6) is 0.338. The predicted octanol–water partition coefficient (Wildman–Crippen LogP) is 6.44. The number of halogens is 1. The number of aliphatic carboxylic acids is 1. The fourth-order valence-corrected chi connectivity index (χ4v) is 4.29. The van der Waals surface area contributed by atoms with Crippen molar-refractivity contribution in [1.82, 2.24) is 0 Å². The van der Waals surface area contributed by atoms with Gasteiger partial charge >= 0.3 is 5.97 Å².